The molecule has 0 aromatic heterocycles. The molecule has 1 unspecified atom stereocenters. The normalized spacial score (nSPS) is 12.6. The Morgan fingerprint density at radius 2 is 0.640 bits per heavy atom. The van der Waals surface area contributed by atoms with Crippen LogP contribution in [-0.4, -0.2) is 0 Å². The van der Waals surface area contributed by atoms with E-state index < -0.39 is 0 Å². The van der Waals surface area contributed by atoms with E-state index in [1.807, 2.05) is 0 Å². The second-order valence-electron chi connectivity index (χ2n) is 8.40. The van der Waals surface area contributed by atoms with E-state index in [2.05, 4.69) is 20.8 Å². The van der Waals surface area contributed by atoms with Gasteiger partial charge in [-0.3, -0.25) is 0 Å². The number of rotatable bonds is 21. The summed E-state index contributed by atoms with van der Waals surface area (Å²) in [6.45, 7) is 10.3. The fraction of sp³-hybridized carbons (Fsp3) is 0.920. The van der Waals surface area contributed by atoms with E-state index in [4.69, 9.17) is 0 Å². The minimum Gasteiger partial charge on any atom is -0.0625 e. The molecule has 0 saturated heterocycles. The van der Waals surface area contributed by atoms with Gasteiger partial charge < -0.3 is 0 Å². The first kappa shape index (κ1) is 25.0. The van der Waals surface area contributed by atoms with Crippen LogP contribution in [0.25, 0.3) is 0 Å². The Kier molecular flexibility index (Phi) is 22.0. The van der Waals surface area contributed by atoms with Crippen molar-refractivity contribution in [2.24, 2.45) is 5.92 Å². The summed E-state index contributed by atoms with van der Waals surface area (Å²) < 4.78 is 0. The average Bonchev–Trinajstić information content (AvgIpc) is 2.62. The molecular formula is C25H50. The Labute approximate surface area is 161 Å². The highest BCUT2D eigenvalue weighted by molar-refractivity contribution is 4.56. The zero-order chi connectivity index (χ0) is 18.4. The lowest BCUT2D eigenvalue weighted by molar-refractivity contribution is 0.430. The fourth-order valence-corrected chi connectivity index (χ4v) is 3.78. The first-order valence-corrected chi connectivity index (χ1v) is 11.9. The van der Waals surface area contributed by atoms with Crippen molar-refractivity contribution < 1.29 is 0 Å². The first-order valence-electron chi connectivity index (χ1n) is 11.9. The lowest BCUT2D eigenvalue weighted by atomic mass is 9.95. The van der Waals surface area contributed by atoms with Crippen molar-refractivity contribution >= 4 is 0 Å². The lowest BCUT2D eigenvalue weighted by Crippen LogP contribution is -1.95. The van der Waals surface area contributed by atoms with Crippen LogP contribution in [0.1, 0.15) is 142 Å². The van der Waals surface area contributed by atoms with Crippen molar-refractivity contribution in [3.05, 3.63) is 13.8 Å². The van der Waals surface area contributed by atoms with Gasteiger partial charge in [-0.15, -0.1) is 0 Å². The van der Waals surface area contributed by atoms with E-state index in [1.54, 1.807) is 0 Å². The monoisotopic (exact) mass is 350 g/mol. The fourth-order valence-electron chi connectivity index (χ4n) is 3.78. The summed E-state index contributed by atoms with van der Waals surface area (Å²) in [6, 6.07) is 0. The largest absolute Gasteiger partial charge is 0.0625 e. The van der Waals surface area contributed by atoms with E-state index in [0.717, 1.165) is 18.8 Å². The Hall–Kier alpha value is 0. The number of unbranched alkanes of at least 4 members (excludes halogenated alkanes) is 17. The van der Waals surface area contributed by atoms with Gasteiger partial charge in [-0.1, -0.05) is 156 Å². The molecule has 0 aliphatic carbocycles. The molecule has 0 amide bonds. The molecular weight excluding hydrogens is 300 g/mol. The van der Waals surface area contributed by atoms with Gasteiger partial charge in [0, 0.05) is 0 Å². The third-order valence-electron chi connectivity index (χ3n) is 5.64. The standard InChI is InChI=1S/C25H50/c1-4-6-8-10-12-14-16-18-20-22-24-25(3)23-21-19-17-15-13-11-9-7-5-2/h25H,1-2,4-24H2,3H3. The second kappa shape index (κ2) is 22.0. The lowest BCUT2D eigenvalue weighted by Gasteiger charge is -2.11. The van der Waals surface area contributed by atoms with Crippen LogP contribution in [0.15, 0.2) is 0 Å². The quantitative estimate of drug-likeness (QED) is 0.181. The van der Waals surface area contributed by atoms with Crippen LogP contribution in [0.5, 0.6) is 0 Å². The Bertz CT molecular complexity index is 220. The van der Waals surface area contributed by atoms with E-state index in [0.29, 0.717) is 0 Å². The third-order valence-corrected chi connectivity index (χ3v) is 5.64. The molecule has 0 heteroatoms. The first-order chi connectivity index (χ1) is 12.3. The minimum absolute atomic E-state index is 0.958. The molecule has 150 valence electrons. The van der Waals surface area contributed by atoms with Crippen LogP contribution in [-0.2, 0) is 0 Å². The van der Waals surface area contributed by atoms with Gasteiger partial charge in [-0.2, -0.15) is 0 Å². The zero-order valence-corrected chi connectivity index (χ0v) is 17.8. The van der Waals surface area contributed by atoms with Crippen molar-refractivity contribution in [2.75, 3.05) is 0 Å². The summed E-state index contributed by atoms with van der Waals surface area (Å²) in [5.41, 5.74) is 0. The van der Waals surface area contributed by atoms with Gasteiger partial charge in [0.25, 0.3) is 0 Å². The summed E-state index contributed by atoms with van der Waals surface area (Å²) in [5.74, 6) is 0.958. The summed E-state index contributed by atoms with van der Waals surface area (Å²) in [6.07, 6.45) is 29.6. The maximum absolute atomic E-state index is 3.91. The zero-order valence-electron chi connectivity index (χ0n) is 17.8. The molecule has 2 radical (unpaired) electrons. The highest BCUT2D eigenvalue weighted by Crippen LogP contribution is 2.19. The molecule has 0 saturated carbocycles. The van der Waals surface area contributed by atoms with Crippen molar-refractivity contribution in [1.29, 1.82) is 0 Å². The van der Waals surface area contributed by atoms with Crippen molar-refractivity contribution in [3.63, 3.8) is 0 Å². The van der Waals surface area contributed by atoms with Crippen LogP contribution in [0.4, 0.5) is 0 Å². The van der Waals surface area contributed by atoms with Gasteiger partial charge >= 0.3 is 0 Å². The molecule has 0 N–H and O–H groups in total. The van der Waals surface area contributed by atoms with Crippen LogP contribution in [0.2, 0.25) is 0 Å². The van der Waals surface area contributed by atoms with Crippen molar-refractivity contribution in [3.8, 4) is 0 Å². The molecule has 0 aromatic rings. The number of hydrogen-bond acceptors (Lipinski definition) is 0. The maximum Gasteiger partial charge on any atom is -0.0443 e. The highest BCUT2D eigenvalue weighted by atomic mass is 14.1. The molecule has 0 aliphatic rings. The number of hydrogen-bond donors (Lipinski definition) is 0. The SMILES string of the molecule is [CH2]CCCCCCCCCCCC(C)CCCCCCCCCC[CH2]. The molecule has 0 rings (SSSR count). The van der Waals surface area contributed by atoms with Gasteiger partial charge in [0.15, 0.2) is 0 Å². The van der Waals surface area contributed by atoms with Gasteiger partial charge in [0.1, 0.15) is 0 Å². The smallest absolute Gasteiger partial charge is 0.0443 e. The molecule has 0 aromatic carbocycles. The van der Waals surface area contributed by atoms with Crippen LogP contribution in [0.3, 0.4) is 0 Å². The maximum atomic E-state index is 3.91. The summed E-state index contributed by atoms with van der Waals surface area (Å²) in [4.78, 5) is 0. The van der Waals surface area contributed by atoms with Crippen LogP contribution < -0.4 is 0 Å². The van der Waals surface area contributed by atoms with E-state index in [-0.39, 0.29) is 0 Å². The average molecular weight is 351 g/mol. The summed E-state index contributed by atoms with van der Waals surface area (Å²) >= 11 is 0. The molecule has 1 atom stereocenters. The molecule has 0 aliphatic heterocycles. The highest BCUT2D eigenvalue weighted by Gasteiger charge is 2.02. The Balaban J connectivity index is 3.12. The second-order valence-corrected chi connectivity index (χ2v) is 8.40. The van der Waals surface area contributed by atoms with Gasteiger partial charge in [0.05, 0.1) is 0 Å². The van der Waals surface area contributed by atoms with Gasteiger partial charge in [0.2, 0.25) is 0 Å². The molecule has 0 nitrogen and oxygen atoms in total. The summed E-state index contributed by atoms with van der Waals surface area (Å²) in [5, 5.41) is 0. The Morgan fingerprint density at radius 3 is 0.920 bits per heavy atom. The van der Waals surface area contributed by atoms with E-state index >= 15 is 0 Å². The molecule has 25 heavy (non-hydrogen) atoms. The topological polar surface area (TPSA) is 0 Å². The van der Waals surface area contributed by atoms with Crippen molar-refractivity contribution in [1.82, 2.24) is 0 Å². The molecule has 0 fully saturated rings. The van der Waals surface area contributed by atoms with Gasteiger partial charge in [-0.05, 0) is 5.92 Å². The van der Waals surface area contributed by atoms with Crippen LogP contribution in [0, 0.1) is 19.8 Å². The van der Waals surface area contributed by atoms with E-state index in [9.17, 15) is 0 Å². The van der Waals surface area contributed by atoms with Gasteiger partial charge in [-0.25, -0.2) is 0 Å². The molecule has 0 bridgehead atoms. The third kappa shape index (κ3) is 22.0. The van der Waals surface area contributed by atoms with Crippen molar-refractivity contribution in [2.45, 2.75) is 142 Å². The Morgan fingerprint density at radius 1 is 0.400 bits per heavy atom. The predicted molar refractivity (Wildman–Crippen MR) is 117 cm³/mol. The molecule has 0 heterocycles. The summed E-state index contributed by atoms with van der Waals surface area (Å²) in [7, 11) is 0. The molecule has 0 spiro atoms. The minimum atomic E-state index is 0.958. The van der Waals surface area contributed by atoms with Crippen LogP contribution >= 0.6 is 0 Å². The predicted octanol–water partition coefficient (Wildman–Crippen LogP) is 9.48. The van der Waals surface area contributed by atoms with E-state index in [1.165, 1.54) is 122 Å².